The fourth-order valence-electron chi connectivity index (χ4n) is 2.84. The third kappa shape index (κ3) is 4.50. The van der Waals surface area contributed by atoms with Crippen molar-refractivity contribution in [3.63, 3.8) is 0 Å². The molecule has 10 heteroatoms. The molecule has 3 N–H and O–H groups in total. The molecule has 2 aromatic heterocycles. The quantitative estimate of drug-likeness (QED) is 0.419. The number of benzene rings is 2. The Morgan fingerprint density at radius 2 is 1.80 bits per heavy atom. The Morgan fingerprint density at radius 1 is 1.00 bits per heavy atom. The number of rotatable bonds is 7. The van der Waals surface area contributed by atoms with Crippen LogP contribution >= 0.6 is 0 Å². The molecule has 152 valence electrons. The molecule has 2 heterocycles. The lowest BCUT2D eigenvalue weighted by Gasteiger charge is -2.07. The first-order valence-corrected chi connectivity index (χ1v) is 10.6. The van der Waals surface area contributed by atoms with E-state index in [1.54, 1.807) is 30.5 Å². The van der Waals surface area contributed by atoms with Gasteiger partial charge in [0.05, 0.1) is 4.90 Å². The third-order valence-electron chi connectivity index (χ3n) is 4.32. The number of nitrogens with zero attached hydrogens (tertiary/aromatic N) is 3. The molecule has 0 fully saturated rings. The Balaban J connectivity index is 1.33. The second-order valence-electron chi connectivity index (χ2n) is 6.43. The maximum Gasteiger partial charge on any atom is 0.249 e. The van der Waals surface area contributed by atoms with Crippen LogP contribution in [0.25, 0.3) is 22.3 Å². The summed E-state index contributed by atoms with van der Waals surface area (Å²) in [5.41, 5.74) is 0.591. The van der Waals surface area contributed by atoms with Gasteiger partial charge < -0.3 is 0 Å². The van der Waals surface area contributed by atoms with Crippen molar-refractivity contribution in [2.24, 2.45) is 0 Å². The molecule has 0 unspecified atom stereocenters. The van der Waals surface area contributed by atoms with E-state index in [2.05, 4.69) is 30.2 Å². The fraction of sp³-hybridized carbons (Fsp3) is 0.100. The van der Waals surface area contributed by atoms with Crippen molar-refractivity contribution in [2.75, 3.05) is 11.9 Å². The summed E-state index contributed by atoms with van der Waals surface area (Å²) in [5, 5.41) is 10.9. The molecule has 0 aliphatic carbocycles. The van der Waals surface area contributed by atoms with Crippen LogP contribution in [0.15, 0.2) is 71.8 Å². The zero-order valence-electron chi connectivity index (χ0n) is 15.7. The number of pyridine rings is 1. The summed E-state index contributed by atoms with van der Waals surface area (Å²) in [6, 6.07) is 17.7. The smallest absolute Gasteiger partial charge is 0.249 e. The lowest BCUT2D eigenvalue weighted by atomic mass is 10.1. The van der Waals surface area contributed by atoms with Crippen LogP contribution < -0.4 is 10.0 Å². The van der Waals surface area contributed by atoms with Crippen molar-refractivity contribution in [3.8, 4) is 11.5 Å². The van der Waals surface area contributed by atoms with Crippen LogP contribution in [0.2, 0.25) is 0 Å². The SMILES string of the molecule is O=C(CCNS(=O)(=O)c1ccc2ccccc2c1)Nc1n[nH]c(-c2ccccn2)n1. The first kappa shape index (κ1) is 19.7. The largest absolute Gasteiger partial charge is 0.293 e. The normalized spacial score (nSPS) is 11.5. The Kier molecular flexibility index (Phi) is 5.50. The summed E-state index contributed by atoms with van der Waals surface area (Å²) in [6.45, 7) is -0.0570. The minimum Gasteiger partial charge on any atom is -0.293 e. The van der Waals surface area contributed by atoms with Gasteiger partial charge in [-0.05, 0) is 35.0 Å². The highest BCUT2D eigenvalue weighted by Gasteiger charge is 2.15. The van der Waals surface area contributed by atoms with Gasteiger partial charge in [0.2, 0.25) is 21.9 Å². The van der Waals surface area contributed by atoms with E-state index in [0.29, 0.717) is 11.5 Å². The Labute approximate surface area is 172 Å². The van der Waals surface area contributed by atoms with Crippen LogP contribution in [-0.4, -0.2) is 41.0 Å². The lowest BCUT2D eigenvalue weighted by molar-refractivity contribution is -0.116. The molecule has 4 aromatic rings. The molecule has 1 amide bonds. The van der Waals surface area contributed by atoms with Crippen molar-refractivity contribution in [2.45, 2.75) is 11.3 Å². The van der Waals surface area contributed by atoms with E-state index < -0.39 is 15.9 Å². The molecule has 2 aromatic carbocycles. The lowest BCUT2D eigenvalue weighted by Crippen LogP contribution is -2.28. The van der Waals surface area contributed by atoms with Crippen LogP contribution in [0.3, 0.4) is 0 Å². The zero-order valence-corrected chi connectivity index (χ0v) is 16.6. The Morgan fingerprint density at radius 3 is 2.60 bits per heavy atom. The predicted octanol–water partition coefficient (Wildman–Crippen LogP) is 2.33. The highest BCUT2D eigenvalue weighted by Crippen LogP contribution is 2.18. The molecule has 0 radical (unpaired) electrons. The van der Waals surface area contributed by atoms with Crippen molar-refractivity contribution in [1.29, 1.82) is 0 Å². The number of nitrogens with one attached hydrogen (secondary N) is 3. The number of hydrogen-bond donors (Lipinski definition) is 3. The molecule has 30 heavy (non-hydrogen) atoms. The maximum absolute atomic E-state index is 12.5. The highest BCUT2D eigenvalue weighted by atomic mass is 32.2. The van der Waals surface area contributed by atoms with Crippen molar-refractivity contribution >= 4 is 32.7 Å². The molecule has 0 spiro atoms. The van der Waals surface area contributed by atoms with Crippen LogP contribution in [0, 0.1) is 0 Å². The fourth-order valence-corrected chi connectivity index (χ4v) is 3.91. The van der Waals surface area contributed by atoms with Crippen LogP contribution in [0.1, 0.15) is 6.42 Å². The number of aromatic amines is 1. The summed E-state index contributed by atoms with van der Waals surface area (Å²) in [4.78, 5) is 20.5. The van der Waals surface area contributed by atoms with Gasteiger partial charge in [0.1, 0.15) is 5.69 Å². The molecule has 0 aliphatic rings. The van der Waals surface area contributed by atoms with Gasteiger partial charge in [-0.15, -0.1) is 5.10 Å². The van der Waals surface area contributed by atoms with Crippen molar-refractivity contribution in [1.82, 2.24) is 24.9 Å². The van der Waals surface area contributed by atoms with Gasteiger partial charge in [0.15, 0.2) is 5.82 Å². The van der Waals surface area contributed by atoms with E-state index in [9.17, 15) is 13.2 Å². The molecule has 0 aliphatic heterocycles. The minimum atomic E-state index is -3.73. The summed E-state index contributed by atoms with van der Waals surface area (Å²) < 4.78 is 27.4. The molecule has 0 bridgehead atoms. The summed E-state index contributed by atoms with van der Waals surface area (Å²) in [7, 11) is -3.73. The molecule has 0 saturated carbocycles. The average Bonchev–Trinajstić information content (AvgIpc) is 3.22. The van der Waals surface area contributed by atoms with Crippen LogP contribution in [0.4, 0.5) is 5.95 Å². The average molecular weight is 422 g/mol. The topological polar surface area (TPSA) is 130 Å². The molecular formula is C20H18N6O3S. The summed E-state index contributed by atoms with van der Waals surface area (Å²) >= 11 is 0. The highest BCUT2D eigenvalue weighted by molar-refractivity contribution is 7.89. The van der Waals surface area contributed by atoms with E-state index in [1.165, 1.54) is 6.07 Å². The van der Waals surface area contributed by atoms with Gasteiger partial charge in [-0.25, -0.2) is 13.1 Å². The molecular weight excluding hydrogens is 404 g/mol. The number of carbonyl (C=O) groups excluding carboxylic acids is 1. The van der Waals surface area contributed by atoms with Gasteiger partial charge in [0.25, 0.3) is 0 Å². The minimum absolute atomic E-state index is 0.0570. The number of amides is 1. The van der Waals surface area contributed by atoms with Gasteiger partial charge in [0, 0.05) is 19.2 Å². The number of hydrogen-bond acceptors (Lipinski definition) is 6. The van der Waals surface area contributed by atoms with Gasteiger partial charge in [-0.2, -0.15) is 4.98 Å². The van der Waals surface area contributed by atoms with Crippen LogP contribution in [0.5, 0.6) is 0 Å². The molecule has 4 rings (SSSR count). The van der Waals surface area contributed by atoms with E-state index in [1.807, 2.05) is 30.3 Å². The van der Waals surface area contributed by atoms with Gasteiger partial charge in [-0.3, -0.25) is 20.2 Å². The molecule has 0 atom stereocenters. The van der Waals surface area contributed by atoms with Gasteiger partial charge >= 0.3 is 0 Å². The monoisotopic (exact) mass is 422 g/mol. The van der Waals surface area contributed by atoms with Crippen molar-refractivity contribution in [3.05, 3.63) is 66.9 Å². The summed E-state index contributed by atoms with van der Waals surface area (Å²) in [5.74, 6) is 0.101. The van der Waals surface area contributed by atoms with E-state index in [0.717, 1.165) is 10.8 Å². The second-order valence-corrected chi connectivity index (χ2v) is 8.19. The number of sulfonamides is 1. The standard InChI is InChI=1S/C20H18N6O3S/c27-18(23-20-24-19(25-26-20)17-7-3-4-11-21-17)10-12-22-30(28,29)16-9-8-14-5-1-2-6-15(14)13-16/h1-9,11,13,22H,10,12H2,(H2,23,24,25,26,27). The van der Waals surface area contributed by atoms with Gasteiger partial charge in [-0.1, -0.05) is 36.4 Å². The summed E-state index contributed by atoms with van der Waals surface area (Å²) in [6.07, 6.45) is 1.55. The predicted molar refractivity (Wildman–Crippen MR) is 112 cm³/mol. The Bertz CT molecular complexity index is 1290. The third-order valence-corrected chi connectivity index (χ3v) is 5.78. The number of carbonyl (C=O) groups is 1. The Hall–Kier alpha value is -3.63. The number of anilines is 1. The first-order valence-electron chi connectivity index (χ1n) is 9.13. The molecule has 0 saturated heterocycles. The van der Waals surface area contributed by atoms with E-state index >= 15 is 0 Å². The number of fused-ring (bicyclic) bond motifs is 1. The van der Waals surface area contributed by atoms with E-state index in [-0.39, 0.29) is 23.8 Å². The molecule has 9 nitrogen and oxygen atoms in total. The van der Waals surface area contributed by atoms with Crippen molar-refractivity contribution < 1.29 is 13.2 Å². The zero-order chi connectivity index (χ0) is 21.0. The van der Waals surface area contributed by atoms with E-state index in [4.69, 9.17) is 0 Å². The number of H-pyrrole nitrogens is 1. The maximum atomic E-state index is 12.5. The first-order chi connectivity index (χ1) is 14.5. The van der Waals surface area contributed by atoms with Crippen LogP contribution in [-0.2, 0) is 14.8 Å². The second kappa shape index (κ2) is 8.39. The number of aromatic nitrogens is 4.